The second kappa shape index (κ2) is 13.6. The Kier molecular flexibility index (Phi) is 13.3. The first-order chi connectivity index (χ1) is 12.0. The molecule has 0 aliphatic rings. The summed E-state index contributed by atoms with van der Waals surface area (Å²) >= 11 is 0. The molecule has 0 aliphatic carbocycles. The molecule has 0 aromatic carbocycles. The van der Waals surface area contributed by atoms with Crippen molar-refractivity contribution in [2.24, 2.45) is 0 Å². The number of carbonyl (C=O) groups excluding carboxylic acids is 1. The summed E-state index contributed by atoms with van der Waals surface area (Å²) in [5, 5.41) is 0. The Morgan fingerprint density at radius 1 is 0.800 bits per heavy atom. The fourth-order valence-electron chi connectivity index (χ4n) is 2.23. The zero-order chi connectivity index (χ0) is 19.2. The van der Waals surface area contributed by atoms with Crippen molar-refractivity contribution in [1.82, 2.24) is 0 Å². The monoisotopic (exact) mass is 396 g/mol. The van der Waals surface area contributed by atoms with E-state index in [2.05, 4.69) is 6.58 Å². The fraction of sp³-hybridized carbons (Fsp3) is 0.800. The van der Waals surface area contributed by atoms with Gasteiger partial charge in [-0.15, -0.1) is 0 Å². The van der Waals surface area contributed by atoms with Crippen LogP contribution in [0.3, 0.4) is 0 Å². The predicted octanol–water partition coefficient (Wildman–Crippen LogP) is 2.01. The maximum absolute atomic E-state index is 11.0. The Bertz CT molecular complexity index is 364. The maximum Gasteiger partial charge on any atom is 0.500 e. The van der Waals surface area contributed by atoms with Gasteiger partial charge in [0.25, 0.3) is 0 Å². The van der Waals surface area contributed by atoms with E-state index in [1.165, 1.54) is 0 Å². The van der Waals surface area contributed by atoms with Crippen molar-refractivity contribution in [3.63, 3.8) is 0 Å². The molecule has 8 nitrogen and oxygen atoms in total. The van der Waals surface area contributed by atoms with Gasteiger partial charge in [-0.3, -0.25) is 0 Å². The van der Waals surface area contributed by atoms with Gasteiger partial charge >= 0.3 is 23.6 Å². The molecular formula is C15H32O8Si2. The smallest absolute Gasteiger partial charge is 0.463 e. The molecule has 0 aliphatic heterocycles. The molecule has 0 aromatic rings. The molecule has 0 N–H and O–H groups in total. The van der Waals surface area contributed by atoms with E-state index in [-0.39, 0.29) is 6.61 Å². The molecule has 0 saturated heterocycles. The fourth-order valence-corrected chi connectivity index (χ4v) is 6.01. The summed E-state index contributed by atoms with van der Waals surface area (Å²) in [6.07, 6.45) is 3.38. The lowest BCUT2D eigenvalue weighted by Gasteiger charge is -2.27. The van der Waals surface area contributed by atoms with Gasteiger partial charge in [0.1, 0.15) is 0 Å². The molecule has 0 fully saturated rings. The Morgan fingerprint density at radius 2 is 1.32 bits per heavy atom. The lowest BCUT2D eigenvalue weighted by molar-refractivity contribution is -0.137. The van der Waals surface area contributed by atoms with Crippen LogP contribution in [0.5, 0.6) is 0 Å². The van der Waals surface area contributed by atoms with Crippen molar-refractivity contribution in [2.45, 2.75) is 31.4 Å². The van der Waals surface area contributed by atoms with Crippen LogP contribution in [0.4, 0.5) is 0 Å². The Hall–Kier alpha value is -0.596. The van der Waals surface area contributed by atoms with E-state index in [1.54, 1.807) is 35.5 Å². The van der Waals surface area contributed by atoms with Gasteiger partial charge in [-0.05, 0) is 19.3 Å². The molecule has 25 heavy (non-hydrogen) atoms. The second-order valence-corrected chi connectivity index (χ2v) is 11.2. The van der Waals surface area contributed by atoms with Crippen molar-refractivity contribution < 1.29 is 36.1 Å². The molecule has 0 bridgehead atoms. The summed E-state index contributed by atoms with van der Waals surface area (Å²) in [5.41, 5.74) is 0. The van der Waals surface area contributed by atoms with Gasteiger partial charge in [-0.25, -0.2) is 4.79 Å². The number of ether oxygens (including phenoxy) is 1. The van der Waals surface area contributed by atoms with Gasteiger partial charge in [0.2, 0.25) is 0 Å². The van der Waals surface area contributed by atoms with Crippen molar-refractivity contribution in [1.29, 1.82) is 0 Å². The Balaban J connectivity index is 4.21. The third kappa shape index (κ3) is 9.06. The van der Waals surface area contributed by atoms with Crippen LogP contribution in [0.25, 0.3) is 0 Å². The minimum atomic E-state index is -2.75. The molecule has 0 unspecified atom stereocenters. The van der Waals surface area contributed by atoms with Gasteiger partial charge < -0.3 is 31.3 Å². The number of hydrogen-bond donors (Lipinski definition) is 0. The summed E-state index contributed by atoms with van der Waals surface area (Å²) in [4.78, 5) is 11.0. The first kappa shape index (κ1) is 24.4. The molecule has 0 heterocycles. The minimum absolute atomic E-state index is 0.277. The molecule has 0 aromatic heterocycles. The van der Waals surface area contributed by atoms with Gasteiger partial charge in [0.05, 0.1) is 6.61 Å². The van der Waals surface area contributed by atoms with Crippen molar-refractivity contribution in [3.8, 4) is 0 Å². The first-order valence-corrected chi connectivity index (χ1v) is 12.0. The van der Waals surface area contributed by atoms with E-state index < -0.39 is 23.6 Å². The standard InChI is InChI=1S/C15H32O8Si2/c1-7-15(16)22-11-10-14-25(20-5,21-6)23-12-8-9-13-24(17-2,18-3)19-4/h7H,1,8-14H2,2-6H3. The number of esters is 1. The van der Waals surface area contributed by atoms with E-state index >= 15 is 0 Å². The van der Waals surface area contributed by atoms with Crippen LogP contribution in [0.1, 0.15) is 19.3 Å². The number of hydrogen-bond acceptors (Lipinski definition) is 8. The largest absolute Gasteiger partial charge is 0.500 e. The number of unbranched alkanes of at least 4 members (excludes halogenated alkanes) is 1. The van der Waals surface area contributed by atoms with Crippen LogP contribution >= 0.6 is 0 Å². The molecule has 10 heteroatoms. The molecule has 0 atom stereocenters. The molecule has 0 rings (SSSR count). The molecule has 0 radical (unpaired) electrons. The topological polar surface area (TPSA) is 81.7 Å². The highest BCUT2D eigenvalue weighted by molar-refractivity contribution is 6.61. The predicted molar refractivity (Wildman–Crippen MR) is 97.1 cm³/mol. The Labute approximate surface area is 153 Å². The van der Waals surface area contributed by atoms with E-state index in [4.69, 9.17) is 31.3 Å². The number of rotatable bonds is 16. The molecule has 0 amide bonds. The third-order valence-corrected chi connectivity index (χ3v) is 9.48. The van der Waals surface area contributed by atoms with Crippen molar-refractivity contribution >= 4 is 23.6 Å². The van der Waals surface area contributed by atoms with E-state index in [9.17, 15) is 4.79 Å². The summed E-state index contributed by atoms with van der Waals surface area (Å²) in [5.74, 6) is -0.440. The van der Waals surface area contributed by atoms with E-state index in [0.717, 1.165) is 18.9 Å². The summed E-state index contributed by atoms with van der Waals surface area (Å²) in [6, 6.07) is 1.28. The average molecular weight is 397 g/mol. The summed E-state index contributed by atoms with van der Waals surface area (Å²) < 4.78 is 38.0. The van der Waals surface area contributed by atoms with Gasteiger partial charge in [0.15, 0.2) is 0 Å². The molecule has 148 valence electrons. The van der Waals surface area contributed by atoms with Crippen molar-refractivity contribution in [3.05, 3.63) is 12.7 Å². The molecular weight excluding hydrogens is 364 g/mol. The SMILES string of the molecule is C=CC(=O)OCCC[Si](OC)(OC)OCCCC[Si](OC)(OC)OC. The van der Waals surface area contributed by atoms with Crippen LogP contribution in [0, 0.1) is 0 Å². The quantitative estimate of drug-likeness (QED) is 0.170. The highest BCUT2D eigenvalue weighted by atomic mass is 28.4. The number of carbonyl (C=O) groups is 1. The maximum atomic E-state index is 11.0. The minimum Gasteiger partial charge on any atom is -0.463 e. The lowest BCUT2D eigenvalue weighted by atomic mass is 10.4. The molecule has 0 spiro atoms. The lowest BCUT2D eigenvalue weighted by Crippen LogP contribution is -2.44. The second-order valence-electron chi connectivity index (χ2n) is 5.17. The van der Waals surface area contributed by atoms with Crippen LogP contribution in [0.2, 0.25) is 12.1 Å². The van der Waals surface area contributed by atoms with Crippen molar-refractivity contribution in [2.75, 3.05) is 48.8 Å². The van der Waals surface area contributed by atoms with Crippen LogP contribution in [-0.4, -0.2) is 72.3 Å². The molecule has 0 saturated carbocycles. The van der Waals surface area contributed by atoms with Gasteiger partial charge in [-0.2, -0.15) is 0 Å². The van der Waals surface area contributed by atoms with Gasteiger partial charge in [-0.1, -0.05) is 6.58 Å². The zero-order valence-electron chi connectivity index (χ0n) is 16.0. The summed E-state index contributed by atoms with van der Waals surface area (Å²) in [6.45, 7) is 4.13. The van der Waals surface area contributed by atoms with Crippen LogP contribution < -0.4 is 0 Å². The summed E-state index contributed by atoms with van der Waals surface area (Å²) in [7, 11) is 2.67. The van der Waals surface area contributed by atoms with E-state index in [0.29, 0.717) is 25.1 Å². The Morgan fingerprint density at radius 3 is 1.80 bits per heavy atom. The van der Waals surface area contributed by atoms with Crippen LogP contribution in [-0.2, 0) is 36.1 Å². The van der Waals surface area contributed by atoms with E-state index in [1.807, 2.05) is 0 Å². The first-order valence-electron chi connectivity index (χ1n) is 8.16. The zero-order valence-corrected chi connectivity index (χ0v) is 18.0. The highest BCUT2D eigenvalue weighted by Gasteiger charge is 2.39. The average Bonchev–Trinajstić information content (AvgIpc) is 2.66. The van der Waals surface area contributed by atoms with Gasteiger partial charge in [0, 0.05) is 60.3 Å². The van der Waals surface area contributed by atoms with Crippen LogP contribution in [0.15, 0.2) is 12.7 Å². The highest BCUT2D eigenvalue weighted by Crippen LogP contribution is 2.19. The third-order valence-electron chi connectivity index (χ3n) is 3.79. The normalized spacial score (nSPS) is 12.2.